The highest BCUT2D eigenvalue weighted by Crippen LogP contribution is 1.98. The van der Waals surface area contributed by atoms with Gasteiger partial charge in [0.05, 0.1) is 12.6 Å². The fourth-order valence-corrected chi connectivity index (χ4v) is 1.17. The zero-order valence-corrected chi connectivity index (χ0v) is 8.35. The van der Waals surface area contributed by atoms with Crippen molar-refractivity contribution in [3.8, 4) is 6.07 Å². The smallest absolute Gasteiger partial charge is 0.142 e. The first-order valence-corrected chi connectivity index (χ1v) is 4.72. The van der Waals surface area contributed by atoms with Gasteiger partial charge in [0, 0.05) is 25.4 Å². The fraction of sp³-hybridized carbons (Fsp3) is 0.500. The van der Waals surface area contributed by atoms with Gasteiger partial charge in [-0.15, -0.1) is 0 Å². The second-order valence-corrected chi connectivity index (χ2v) is 2.94. The molecule has 4 heteroatoms. The molecule has 0 saturated carbocycles. The van der Waals surface area contributed by atoms with Crippen molar-refractivity contribution >= 4 is 0 Å². The Morgan fingerprint density at radius 2 is 2.14 bits per heavy atom. The van der Waals surface area contributed by atoms with Gasteiger partial charge in [-0.3, -0.25) is 4.90 Å². The van der Waals surface area contributed by atoms with Crippen LogP contribution in [0.25, 0.3) is 0 Å². The predicted octanol–water partition coefficient (Wildman–Crippen LogP) is 1.21. The van der Waals surface area contributed by atoms with Crippen LogP contribution in [0.2, 0.25) is 0 Å². The van der Waals surface area contributed by atoms with Gasteiger partial charge in [-0.1, -0.05) is 6.92 Å². The minimum Gasteiger partial charge on any atom is -0.295 e. The molecule has 74 valence electrons. The van der Waals surface area contributed by atoms with Gasteiger partial charge in [-0.2, -0.15) is 5.26 Å². The lowest BCUT2D eigenvalue weighted by molar-refractivity contribution is 0.279. The summed E-state index contributed by atoms with van der Waals surface area (Å²) >= 11 is 0. The second kappa shape index (κ2) is 6.06. The number of aromatic nitrogens is 2. The van der Waals surface area contributed by atoms with E-state index in [1.807, 2.05) is 0 Å². The highest BCUT2D eigenvalue weighted by Gasteiger charge is 2.04. The molecule has 0 unspecified atom stereocenters. The molecule has 0 aliphatic carbocycles. The molecule has 0 saturated heterocycles. The van der Waals surface area contributed by atoms with E-state index in [-0.39, 0.29) is 0 Å². The van der Waals surface area contributed by atoms with E-state index in [9.17, 15) is 0 Å². The summed E-state index contributed by atoms with van der Waals surface area (Å²) in [5, 5.41) is 8.47. The number of hydrogen-bond donors (Lipinski definition) is 0. The minimum absolute atomic E-state index is 0.556. The molecule has 0 radical (unpaired) electrons. The van der Waals surface area contributed by atoms with Crippen LogP contribution in [0, 0.1) is 11.3 Å². The monoisotopic (exact) mass is 190 g/mol. The van der Waals surface area contributed by atoms with E-state index in [4.69, 9.17) is 5.26 Å². The maximum atomic E-state index is 8.47. The van der Waals surface area contributed by atoms with Crippen LogP contribution >= 0.6 is 0 Å². The highest BCUT2D eigenvalue weighted by atomic mass is 15.1. The molecular weight excluding hydrogens is 176 g/mol. The second-order valence-electron chi connectivity index (χ2n) is 2.94. The molecule has 0 N–H and O–H groups in total. The maximum absolute atomic E-state index is 8.47. The third-order valence-electron chi connectivity index (χ3n) is 1.97. The Balaban J connectivity index is 2.45. The molecule has 1 aromatic heterocycles. The summed E-state index contributed by atoms with van der Waals surface area (Å²) in [7, 11) is 0. The van der Waals surface area contributed by atoms with E-state index in [0.717, 1.165) is 25.5 Å². The molecule has 0 fully saturated rings. The van der Waals surface area contributed by atoms with Crippen LogP contribution in [0.3, 0.4) is 0 Å². The average Bonchev–Trinajstić information content (AvgIpc) is 2.25. The van der Waals surface area contributed by atoms with E-state index < -0.39 is 0 Å². The molecule has 0 aliphatic rings. The van der Waals surface area contributed by atoms with Crippen molar-refractivity contribution in [1.29, 1.82) is 5.26 Å². The number of hydrogen-bond acceptors (Lipinski definition) is 4. The molecule has 0 bridgehead atoms. The summed E-state index contributed by atoms with van der Waals surface area (Å²) in [5.74, 6) is 0.812. The minimum atomic E-state index is 0.556. The summed E-state index contributed by atoms with van der Waals surface area (Å²) in [6.45, 7) is 4.49. The van der Waals surface area contributed by atoms with Crippen LogP contribution in [0.15, 0.2) is 18.5 Å². The van der Waals surface area contributed by atoms with Crippen molar-refractivity contribution in [2.24, 2.45) is 0 Å². The van der Waals surface area contributed by atoms with E-state index in [1.165, 1.54) is 0 Å². The Labute approximate surface area is 84.2 Å². The number of rotatable bonds is 5. The zero-order valence-electron chi connectivity index (χ0n) is 8.35. The standard InChI is InChI=1S/C10H14N4/c1-2-14(8-3-5-11)9-10-12-6-4-7-13-10/h4,6-7H,2-3,8-9H2,1H3. The molecule has 0 aliphatic heterocycles. The Bertz CT molecular complexity index is 291. The van der Waals surface area contributed by atoms with Crippen molar-refractivity contribution in [1.82, 2.24) is 14.9 Å². The van der Waals surface area contributed by atoms with Crippen molar-refractivity contribution in [2.75, 3.05) is 13.1 Å². The van der Waals surface area contributed by atoms with Crippen LogP contribution < -0.4 is 0 Å². The Kier molecular flexibility index (Phi) is 4.59. The molecule has 1 heterocycles. The van der Waals surface area contributed by atoms with Gasteiger partial charge in [0.1, 0.15) is 5.82 Å². The fourth-order valence-electron chi connectivity index (χ4n) is 1.17. The van der Waals surface area contributed by atoms with E-state index >= 15 is 0 Å². The average molecular weight is 190 g/mol. The summed E-state index contributed by atoms with van der Waals surface area (Å²) < 4.78 is 0. The highest BCUT2D eigenvalue weighted by molar-refractivity contribution is 4.88. The summed E-state index contributed by atoms with van der Waals surface area (Å²) in [5.41, 5.74) is 0. The first-order valence-electron chi connectivity index (χ1n) is 4.72. The van der Waals surface area contributed by atoms with Crippen molar-refractivity contribution in [3.05, 3.63) is 24.3 Å². The Hall–Kier alpha value is -1.47. The topological polar surface area (TPSA) is 52.8 Å². The van der Waals surface area contributed by atoms with E-state index in [1.54, 1.807) is 18.5 Å². The molecule has 1 aromatic rings. The lowest BCUT2D eigenvalue weighted by Gasteiger charge is -2.17. The van der Waals surface area contributed by atoms with Crippen LogP contribution in [0.5, 0.6) is 0 Å². The summed E-state index contributed by atoms with van der Waals surface area (Å²) in [6.07, 6.45) is 4.03. The number of nitriles is 1. The van der Waals surface area contributed by atoms with Crippen molar-refractivity contribution in [3.63, 3.8) is 0 Å². The van der Waals surface area contributed by atoms with Gasteiger partial charge >= 0.3 is 0 Å². The molecule has 14 heavy (non-hydrogen) atoms. The summed E-state index contributed by atoms with van der Waals surface area (Å²) in [4.78, 5) is 10.4. The van der Waals surface area contributed by atoms with Gasteiger partial charge < -0.3 is 0 Å². The quantitative estimate of drug-likeness (QED) is 0.700. The van der Waals surface area contributed by atoms with E-state index in [0.29, 0.717) is 6.42 Å². The molecule has 0 amide bonds. The molecule has 0 aromatic carbocycles. The van der Waals surface area contributed by atoms with Crippen LogP contribution in [0.1, 0.15) is 19.2 Å². The molecule has 4 nitrogen and oxygen atoms in total. The predicted molar refractivity (Wildman–Crippen MR) is 53.2 cm³/mol. The third-order valence-corrected chi connectivity index (χ3v) is 1.97. The lowest BCUT2D eigenvalue weighted by atomic mass is 10.4. The SMILES string of the molecule is CCN(CCC#N)Cc1ncccn1. The van der Waals surface area contributed by atoms with Crippen LogP contribution in [-0.4, -0.2) is 28.0 Å². The number of nitrogens with zero attached hydrogens (tertiary/aromatic N) is 4. The molecule has 0 atom stereocenters. The first-order chi connectivity index (χ1) is 6.86. The van der Waals surface area contributed by atoms with Gasteiger partial charge in [0.15, 0.2) is 0 Å². The van der Waals surface area contributed by atoms with Gasteiger partial charge in [-0.05, 0) is 12.6 Å². The van der Waals surface area contributed by atoms with E-state index in [2.05, 4.69) is 27.9 Å². The summed E-state index contributed by atoms with van der Waals surface area (Å²) in [6, 6.07) is 3.94. The molecule has 0 spiro atoms. The maximum Gasteiger partial charge on any atom is 0.142 e. The van der Waals surface area contributed by atoms with Crippen molar-refractivity contribution in [2.45, 2.75) is 19.9 Å². The first kappa shape index (κ1) is 10.6. The molecule has 1 rings (SSSR count). The Morgan fingerprint density at radius 1 is 1.43 bits per heavy atom. The van der Waals surface area contributed by atoms with Crippen LogP contribution in [0.4, 0.5) is 0 Å². The van der Waals surface area contributed by atoms with Crippen LogP contribution in [-0.2, 0) is 6.54 Å². The zero-order chi connectivity index (χ0) is 10.2. The van der Waals surface area contributed by atoms with Crippen molar-refractivity contribution < 1.29 is 0 Å². The molecular formula is C10H14N4. The lowest BCUT2D eigenvalue weighted by Crippen LogP contribution is -2.24. The van der Waals surface area contributed by atoms with Gasteiger partial charge in [0.2, 0.25) is 0 Å². The largest absolute Gasteiger partial charge is 0.295 e. The third kappa shape index (κ3) is 3.50. The Morgan fingerprint density at radius 3 is 2.71 bits per heavy atom. The van der Waals surface area contributed by atoms with Gasteiger partial charge in [0.25, 0.3) is 0 Å². The normalized spacial score (nSPS) is 10.1. The van der Waals surface area contributed by atoms with Gasteiger partial charge in [-0.25, -0.2) is 9.97 Å².